The van der Waals surface area contributed by atoms with Crippen LogP contribution in [0, 0.1) is 0 Å². The molecule has 1 aromatic heterocycles. The van der Waals surface area contributed by atoms with Crippen LogP contribution in [0.3, 0.4) is 0 Å². The first-order chi connectivity index (χ1) is 13.1. The summed E-state index contributed by atoms with van der Waals surface area (Å²) in [5.41, 5.74) is 3.70. The summed E-state index contributed by atoms with van der Waals surface area (Å²) in [6.45, 7) is 0. The van der Waals surface area contributed by atoms with Gasteiger partial charge in [-0.15, -0.1) is 0 Å². The number of hydrogen-bond donors (Lipinski definition) is 1. The van der Waals surface area contributed by atoms with Crippen molar-refractivity contribution < 1.29 is 18.7 Å². The van der Waals surface area contributed by atoms with Crippen molar-refractivity contribution in [3.8, 4) is 22.8 Å². The first-order valence-corrected chi connectivity index (χ1v) is 8.39. The van der Waals surface area contributed by atoms with E-state index >= 15 is 0 Å². The van der Waals surface area contributed by atoms with Gasteiger partial charge in [-0.2, -0.15) is 5.10 Å². The zero-order valence-corrected chi connectivity index (χ0v) is 15.5. The lowest BCUT2D eigenvalue weighted by Gasteiger charge is -2.08. The van der Waals surface area contributed by atoms with Gasteiger partial charge in [0.1, 0.15) is 11.5 Å². The molecule has 3 aromatic rings. The van der Waals surface area contributed by atoms with Crippen LogP contribution in [0.2, 0.25) is 5.02 Å². The van der Waals surface area contributed by atoms with Crippen LogP contribution in [-0.2, 0) is 0 Å². The van der Waals surface area contributed by atoms with Crippen LogP contribution in [0.25, 0.3) is 11.3 Å². The fraction of sp³-hybridized carbons (Fsp3) is 0.100. The van der Waals surface area contributed by atoms with Gasteiger partial charge < -0.3 is 13.9 Å². The molecule has 0 atom stereocenters. The van der Waals surface area contributed by atoms with Crippen LogP contribution in [0.5, 0.6) is 11.5 Å². The molecule has 1 N–H and O–H groups in total. The van der Waals surface area contributed by atoms with Crippen molar-refractivity contribution in [2.24, 2.45) is 5.10 Å². The fourth-order valence-electron chi connectivity index (χ4n) is 2.42. The van der Waals surface area contributed by atoms with Crippen molar-refractivity contribution >= 4 is 23.7 Å². The Morgan fingerprint density at radius 1 is 1.07 bits per heavy atom. The number of hydrogen-bond acceptors (Lipinski definition) is 5. The topological polar surface area (TPSA) is 73.1 Å². The van der Waals surface area contributed by atoms with E-state index in [2.05, 4.69) is 10.5 Å². The van der Waals surface area contributed by atoms with Gasteiger partial charge in [-0.25, -0.2) is 5.43 Å². The Bertz CT molecular complexity index is 982. The summed E-state index contributed by atoms with van der Waals surface area (Å²) in [4.78, 5) is 12.2. The van der Waals surface area contributed by atoms with Gasteiger partial charge in [0.05, 0.1) is 20.4 Å². The molecule has 138 valence electrons. The smallest absolute Gasteiger partial charge is 0.271 e. The SMILES string of the molecule is COc1ccc(C(=O)NN=Cc2ccc(-c3cccc(Cl)c3)o2)cc1OC. The number of nitrogens with one attached hydrogen (secondary N) is 1. The molecule has 0 saturated heterocycles. The summed E-state index contributed by atoms with van der Waals surface area (Å²) < 4.78 is 16.0. The molecule has 3 rings (SSSR count). The number of carbonyl (C=O) groups excluding carboxylic acids is 1. The molecular weight excluding hydrogens is 368 g/mol. The molecule has 6 nitrogen and oxygen atoms in total. The van der Waals surface area contributed by atoms with E-state index in [0.717, 1.165) is 5.56 Å². The zero-order valence-electron chi connectivity index (χ0n) is 14.7. The van der Waals surface area contributed by atoms with Gasteiger partial charge in [-0.05, 0) is 42.5 Å². The van der Waals surface area contributed by atoms with E-state index in [9.17, 15) is 4.79 Å². The van der Waals surface area contributed by atoms with Crippen LogP contribution < -0.4 is 14.9 Å². The summed E-state index contributed by atoms with van der Waals surface area (Å²) >= 11 is 5.99. The number of methoxy groups -OCH3 is 2. The highest BCUT2D eigenvalue weighted by Crippen LogP contribution is 2.27. The number of ether oxygens (including phenoxy) is 2. The minimum atomic E-state index is -0.381. The van der Waals surface area contributed by atoms with Crippen LogP contribution in [0.15, 0.2) is 64.1 Å². The zero-order chi connectivity index (χ0) is 19.2. The summed E-state index contributed by atoms with van der Waals surface area (Å²) in [5, 5.41) is 4.55. The van der Waals surface area contributed by atoms with E-state index in [4.69, 9.17) is 25.5 Å². The standard InChI is InChI=1S/C20H17ClN2O4/c1-25-18-8-6-14(11-19(18)26-2)20(24)23-22-12-16-7-9-17(27-16)13-4-3-5-15(21)10-13/h3-12H,1-2H3,(H,23,24). The molecule has 0 bridgehead atoms. The van der Waals surface area contributed by atoms with E-state index in [1.807, 2.05) is 18.2 Å². The van der Waals surface area contributed by atoms with Gasteiger partial charge in [0, 0.05) is 16.1 Å². The van der Waals surface area contributed by atoms with Gasteiger partial charge in [0.15, 0.2) is 11.5 Å². The second kappa shape index (κ2) is 8.42. The maximum atomic E-state index is 12.2. The van der Waals surface area contributed by atoms with Crippen molar-refractivity contribution in [3.05, 3.63) is 70.9 Å². The number of furan rings is 1. The molecule has 1 amide bonds. The summed E-state index contributed by atoms with van der Waals surface area (Å²) in [5.74, 6) is 1.78. The average Bonchev–Trinajstić information content (AvgIpc) is 3.16. The highest BCUT2D eigenvalue weighted by atomic mass is 35.5. The number of hydrazone groups is 1. The first kappa shape index (κ1) is 18.5. The third kappa shape index (κ3) is 4.48. The Morgan fingerprint density at radius 3 is 2.63 bits per heavy atom. The van der Waals surface area contributed by atoms with Gasteiger partial charge in [-0.3, -0.25) is 4.79 Å². The maximum Gasteiger partial charge on any atom is 0.271 e. The number of benzene rings is 2. The lowest BCUT2D eigenvalue weighted by Crippen LogP contribution is -2.17. The molecular formula is C20H17ClN2O4. The second-order valence-corrected chi connectivity index (χ2v) is 5.92. The average molecular weight is 385 g/mol. The van der Waals surface area contributed by atoms with E-state index in [-0.39, 0.29) is 5.91 Å². The molecule has 0 fully saturated rings. The molecule has 7 heteroatoms. The van der Waals surface area contributed by atoms with Gasteiger partial charge in [0.25, 0.3) is 5.91 Å². The molecule has 27 heavy (non-hydrogen) atoms. The maximum absolute atomic E-state index is 12.2. The number of carbonyl (C=O) groups is 1. The molecule has 0 saturated carbocycles. The van der Waals surface area contributed by atoms with E-state index in [0.29, 0.717) is 33.6 Å². The largest absolute Gasteiger partial charge is 0.493 e. The van der Waals surface area contributed by atoms with Crippen molar-refractivity contribution in [2.75, 3.05) is 14.2 Å². The molecule has 0 radical (unpaired) electrons. The lowest BCUT2D eigenvalue weighted by atomic mass is 10.2. The molecule has 1 heterocycles. The van der Waals surface area contributed by atoms with E-state index in [1.54, 1.807) is 36.4 Å². The summed E-state index contributed by atoms with van der Waals surface area (Å²) in [6.07, 6.45) is 1.42. The fourth-order valence-corrected chi connectivity index (χ4v) is 2.61. The van der Waals surface area contributed by atoms with Crippen LogP contribution >= 0.6 is 11.6 Å². The molecule has 0 aliphatic carbocycles. The van der Waals surface area contributed by atoms with E-state index < -0.39 is 0 Å². The van der Waals surface area contributed by atoms with Crippen LogP contribution in [0.4, 0.5) is 0 Å². The van der Waals surface area contributed by atoms with Crippen LogP contribution in [-0.4, -0.2) is 26.3 Å². The number of rotatable bonds is 6. The molecule has 2 aromatic carbocycles. The lowest BCUT2D eigenvalue weighted by molar-refractivity contribution is 0.0954. The van der Waals surface area contributed by atoms with Gasteiger partial charge in [-0.1, -0.05) is 23.7 Å². The van der Waals surface area contributed by atoms with Crippen LogP contribution in [0.1, 0.15) is 16.1 Å². The molecule has 0 unspecified atom stereocenters. The van der Waals surface area contributed by atoms with Crippen molar-refractivity contribution in [3.63, 3.8) is 0 Å². The minimum Gasteiger partial charge on any atom is -0.493 e. The Kier molecular flexibility index (Phi) is 5.78. The Morgan fingerprint density at radius 2 is 1.89 bits per heavy atom. The second-order valence-electron chi connectivity index (χ2n) is 5.48. The first-order valence-electron chi connectivity index (χ1n) is 8.02. The minimum absolute atomic E-state index is 0.381. The quantitative estimate of drug-likeness (QED) is 0.505. The summed E-state index contributed by atoms with van der Waals surface area (Å²) in [6, 6.07) is 15.7. The highest BCUT2D eigenvalue weighted by molar-refractivity contribution is 6.30. The Labute approximate surface area is 161 Å². The molecule has 0 aliphatic rings. The molecule has 0 spiro atoms. The number of amides is 1. The van der Waals surface area contributed by atoms with Gasteiger partial charge >= 0.3 is 0 Å². The normalized spacial score (nSPS) is 10.8. The van der Waals surface area contributed by atoms with Crippen molar-refractivity contribution in [1.82, 2.24) is 5.43 Å². The number of nitrogens with zero attached hydrogens (tertiary/aromatic N) is 1. The monoisotopic (exact) mass is 384 g/mol. The van der Waals surface area contributed by atoms with Crippen molar-refractivity contribution in [2.45, 2.75) is 0 Å². The molecule has 0 aliphatic heterocycles. The predicted octanol–water partition coefficient (Wildman–Crippen LogP) is 4.38. The summed E-state index contributed by atoms with van der Waals surface area (Å²) in [7, 11) is 3.04. The Balaban J connectivity index is 1.66. The van der Waals surface area contributed by atoms with Gasteiger partial charge in [0.2, 0.25) is 0 Å². The third-order valence-corrected chi connectivity index (χ3v) is 3.97. The highest BCUT2D eigenvalue weighted by Gasteiger charge is 2.10. The Hall–Kier alpha value is -3.25. The van der Waals surface area contributed by atoms with E-state index in [1.165, 1.54) is 20.4 Å². The predicted molar refractivity (Wildman–Crippen MR) is 104 cm³/mol. The number of halogens is 1. The van der Waals surface area contributed by atoms with Crippen molar-refractivity contribution in [1.29, 1.82) is 0 Å². The third-order valence-electron chi connectivity index (χ3n) is 3.74.